The lowest BCUT2D eigenvalue weighted by Gasteiger charge is -2.09. The van der Waals surface area contributed by atoms with Crippen molar-refractivity contribution in [2.75, 3.05) is 17.6 Å². The van der Waals surface area contributed by atoms with Crippen LogP contribution in [0.25, 0.3) is 0 Å². The molecule has 0 aromatic heterocycles. The van der Waals surface area contributed by atoms with Gasteiger partial charge in [-0.05, 0) is 18.2 Å². The number of halogens is 1. The smallest absolute Gasteiger partial charge is 0.306 e. The molecule has 0 radical (unpaired) electrons. The van der Waals surface area contributed by atoms with Gasteiger partial charge in [0.05, 0.1) is 25.0 Å². The Balaban J connectivity index is 2.82. The lowest BCUT2D eigenvalue weighted by atomic mass is 10.2. The van der Waals surface area contributed by atoms with Crippen LogP contribution >= 0.6 is 12.2 Å². The SMILES string of the molecule is COC(=O)CCS(=O)(=O)Nc1ccc(C(N)=S)cc1F. The van der Waals surface area contributed by atoms with Crippen LogP contribution in [-0.2, 0) is 19.6 Å². The number of rotatable bonds is 6. The van der Waals surface area contributed by atoms with Gasteiger partial charge < -0.3 is 10.5 Å². The molecule has 1 rings (SSSR count). The van der Waals surface area contributed by atoms with Gasteiger partial charge in [0.1, 0.15) is 10.8 Å². The minimum atomic E-state index is -3.85. The van der Waals surface area contributed by atoms with Crippen LogP contribution in [0.4, 0.5) is 10.1 Å². The first-order chi connectivity index (χ1) is 9.25. The number of hydrogen-bond acceptors (Lipinski definition) is 5. The quantitative estimate of drug-likeness (QED) is 0.593. The summed E-state index contributed by atoms with van der Waals surface area (Å²) in [5, 5.41) is 0. The van der Waals surface area contributed by atoms with E-state index in [0.717, 1.165) is 13.2 Å². The average Bonchev–Trinajstić information content (AvgIpc) is 2.38. The van der Waals surface area contributed by atoms with Gasteiger partial charge in [0.15, 0.2) is 0 Å². The summed E-state index contributed by atoms with van der Waals surface area (Å²) in [6, 6.07) is 3.63. The fourth-order valence-corrected chi connectivity index (χ4v) is 2.45. The Kier molecular flexibility index (Phi) is 5.40. The Morgan fingerprint density at radius 3 is 2.65 bits per heavy atom. The van der Waals surface area contributed by atoms with E-state index >= 15 is 0 Å². The van der Waals surface area contributed by atoms with Crippen molar-refractivity contribution in [3.63, 3.8) is 0 Å². The van der Waals surface area contributed by atoms with Crippen LogP contribution in [0.3, 0.4) is 0 Å². The number of benzene rings is 1. The third-order valence-corrected chi connectivity index (χ3v) is 3.83. The fourth-order valence-electron chi connectivity index (χ4n) is 1.29. The highest BCUT2D eigenvalue weighted by Crippen LogP contribution is 2.17. The van der Waals surface area contributed by atoms with Gasteiger partial charge in [-0.25, -0.2) is 12.8 Å². The van der Waals surface area contributed by atoms with Gasteiger partial charge in [0.2, 0.25) is 10.0 Å². The molecule has 0 amide bonds. The third-order valence-electron chi connectivity index (χ3n) is 2.32. The Hall–Kier alpha value is -1.74. The van der Waals surface area contributed by atoms with E-state index in [1.807, 2.05) is 4.72 Å². The van der Waals surface area contributed by atoms with Crippen molar-refractivity contribution in [3.05, 3.63) is 29.6 Å². The second-order valence-corrected chi connectivity index (χ2v) is 6.09. The molecule has 20 heavy (non-hydrogen) atoms. The minimum absolute atomic E-state index is 0.00370. The Labute approximate surface area is 121 Å². The van der Waals surface area contributed by atoms with Crippen molar-refractivity contribution >= 4 is 38.9 Å². The molecule has 9 heteroatoms. The number of thiocarbonyl (C=S) groups is 1. The molecule has 0 spiro atoms. The van der Waals surface area contributed by atoms with Crippen molar-refractivity contribution in [3.8, 4) is 0 Å². The number of esters is 1. The van der Waals surface area contributed by atoms with Gasteiger partial charge in [-0.3, -0.25) is 9.52 Å². The largest absolute Gasteiger partial charge is 0.469 e. The molecule has 0 atom stereocenters. The van der Waals surface area contributed by atoms with Crippen molar-refractivity contribution in [2.45, 2.75) is 6.42 Å². The molecule has 0 aliphatic heterocycles. The number of carbonyl (C=O) groups is 1. The summed E-state index contributed by atoms with van der Waals surface area (Å²) in [5.74, 6) is -1.98. The van der Waals surface area contributed by atoms with Crippen LogP contribution in [0, 0.1) is 5.82 Å². The zero-order chi connectivity index (χ0) is 15.3. The molecule has 1 aromatic rings. The number of nitrogens with two attached hydrogens (primary N) is 1. The van der Waals surface area contributed by atoms with Crippen LogP contribution in [0.2, 0.25) is 0 Å². The Morgan fingerprint density at radius 1 is 1.50 bits per heavy atom. The monoisotopic (exact) mass is 320 g/mol. The molecule has 0 heterocycles. The van der Waals surface area contributed by atoms with Crippen molar-refractivity contribution < 1.29 is 22.3 Å². The molecule has 0 aliphatic rings. The fraction of sp³-hybridized carbons (Fsp3) is 0.273. The minimum Gasteiger partial charge on any atom is -0.469 e. The number of sulfonamides is 1. The van der Waals surface area contributed by atoms with Gasteiger partial charge in [-0.15, -0.1) is 0 Å². The summed E-state index contributed by atoms with van der Waals surface area (Å²) in [7, 11) is -2.70. The molecule has 3 N–H and O–H groups in total. The van der Waals surface area contributed by atoms with E-state index in [4.69, 9.17) is 5.73 Å². The summed E-state index contributed by atoms with van der Waals surface area (Å²) in [6.07, 6.45) is -0.321. The lowest BCUT2D eigenvalue weighted by Crippen LogP contribution is -2.20. The molecular formula is C11H13FN2O4S2. The molecular weight excluding hydrogens is 307 g/mol. The van der Waals surface area contributed by atoms with E-state index in [0.29, 0.717) is 0 Å². The average molecular weight is 320 g/mol. The first kappa shape index (κ1) is 16.3. The molecule has 0 fully saturated rings. The number of methoxy groups -OCH3 is 1. The molecule has 1 aromatic carbocycles. The van der Waals surface area contributed by atoms with Gasteiger partial charge in [-0.1, -0.05) is 12.2 Å². The molecule has 0 bridgehead atoms. The molecule has 0 saturated heterocycles. The number of carbonyl (C=O) groups excluding carboxylic acids is 1. The predicted octanol–water partition coefficient (Wildman–Crippen LogP) is 0.765. The summed E-state index contributed by atoms with van der Waals surface area (Å²) < 4.78 is 43.3. The zero-order valence-electron chi connectivity index (χ0n) is 10.6. The highest BCUT2D eigenvalue weighted by Gasteiger charge is 2.16. The van der Waals surface area contributed by atoms with Gasteiger partial charge >= 0.3 is 5.97 Å². The zero-order valence-corrected chi connectivity index (χ0v) is 12.2. The normalized spacial score (nSPS) is 10.9. The highest BCUT2D eigenvalue weighted by molar-refractivity contribution is 7.92. The standard InChI is InChI=1S/C11H13FN2O4S2/c1-18-10(15)4-5-20(16,17)14-9-3-2-7(11(13)19)6-8(9)12/h2-3,6,14H,4-5H2,1H3,(H2,13,19). The number of hydrogen-bond donors (Lipinski definition) is 2. The molecule has 110 valence electrons. The van der Waals surface area contributed by atoms with Crippen LogP contribution in [-0.4, -0.2) is 32.2 Å². The van der Waals surface area contributed by atoms with Gasteiger partial charge in [-0.2, -0.15) is 0 Å². The van der Waals surface area contributed by atoms with Crippen LogP contribution in [0.15, 0.2) is 18.2 Å². The lowest BCUT2D eigenvalue weighted by molar-refractivity contribution is -0.140. The maximum absolute atomic E-state index is 13.7. The summed E-state index contributed by atoms with van der Waals surface area (Å²) in [6.45, 7) is 0. The topological polar surface area (TPSA) is 98.5 Å². The number of anilines is 1. The highest BCUT2D eigenvalue weighted by atomic mass is 32.2. The Bertz CT molecular complexity index is 631. The summed E-state index contributed by atoms with van der Waals surface area (Å²) >= 11 is 4.68. The second kappa shape index (κ2) is 6.62. The van der Waals surface area contributed by atoms with E-state index in [-0.39, 0.29) is 22.7 Å². The van der Waals surface area contributed by atoms with Gasteiger partial charge in [0, 0.05) is 5.56 Å². The van der Waals surface area contributed by atoms with Crippen molar-refractivity contribution in [2.24, 2.45) is 5.73 Å². The van der Waals surface area contributed by atoms with Crippen LogP contribution in [0.5, 0.6) is 0 Å². The van der Waals surface area contributed by atoms with E-state index in [1.54, 1.807) is 0 Å². The second-order valence-electron chi connectivity index (χ2n) is 3.81. The van der Waals surface area contributed by atoms with E-state index < -0.39 is 27.6 Å². The van der Waals surface area contributed by atoms with E-state index in [1.165, 1.54) is 12.1 Å². The van der Waals surface area contributed by atoms with Crippen molar-refractivity contribution in [1.29, 1.82) is 0 Å². The van der Waals surface area contributed by atoms with Gasteiger partial charge in [0.25, 0.3) is 0 Å². The number of nitrogens with one attached hydrogen (secondary N) is 1. The molecule has 0 unspecified atom stereocenters. The summed E-state index contributed by atoms with van der Waals surface area (Å²) in [5.41, 5.74) is 5.38. The predicted molar refractivity (Wildman–Crippen MR) is 76.3 cm³/mol. The molecule has 6 nitrogen and oxygen atoms in total. The van der Waals surface area contributed by atoms with Crippen LogP contribution < -0.4 is 10.5 Å². The molecule has 0 aliphatic carbocycles. The summed E-state index contributed by atoms with van der Waals surface area (Å²) in [4.78, 5) is 10.9. The van der Waals surface area contributed by atoms with Crippen LogP contribution in [0.1, 0.15) is 12.0 Å². The van der Waals surface area contributed by atoms with Crippen molar-refractivity contribution in [1.82, 2.24) is 0 Å². The Morgan fingerprint density at radius 2 is 2.15 bits per heavy atom. The van der Waals surface area contributed by atoms with E-state index in [9.17, 15) is 17.6 Å². The third kappa shape index (κ3) is 4.74. The molecule has 0 saturated carbocycles. The first-order valence-electron chi connectivity index (χ1n) is 5.42. The maximum Gasteiger partial charge on any atom is 0.306 e. The number of ether oxygens (including phenoxy) is 1. The van der Waals surface area contributed by atoms with E-state index in [2.05, 4.69) is 17.0 Å². The maximum atomic E-state index is 13.7. The first-order valence-corrected chi connectivity index (χ1v) is 7.48.